The summed E-state index contributed by atoms with van der Waals surface area (Å²) in [6.45, 7) is 2.24. The largest absolute Gasteiger partial charge is 0.494 e. The first kappa shape index (κ1) is 26.5. The monoisotopic (exact) mass is 586 g/mol. The molecule has 10 nitrogen and oxygen atoms in total. The van der Waals surface area contributed by atoms with Crippen molar-refractivity contribution in [3.05, 3.63) is 83.3 Å². The van der Waals surface area contributed by atoms with Gasteiger partial charge in [-0.05, 0) is 68.1 Å². The second-order valence-electron chi connectivity index (χ2n) is 10.9. The van der Waals surface area contributed by atoms with Crippen LogP contribution in [0.4, 0.5) is 4.39 Å². The number of pyridine rings is 1. The number of amides is 1. The molecular formula is C30H27FN6O4S. The molecule has 42 heavy (non-hydrogen) atoms. The number of ether oxygens (including phenoxy) is 2. The Labute approximate surface area is 244 Å². The van der Waals surface area contributed by atoms with Gasteiger partial charge in [0.15, 0.2) is 5.75 Å². The summed E-state index contributed by atoms with van der Waals surface area (Å²) in [6.07, 6.45) is 4.82. The number of benzene rings is 2. The van der Waals surface area contributed by atoms with Gasteiger partial charge in [0.2, 0.25) is 0 Å². The molecule has 1 aliphatic heterocycles. The molecule has 0 unspecified atom stereocenters. The van der Waals surface area contributed by atoms with Gasteiger partial charge in [-0.1, -0.05) is 0 Å². The standard InChI is InChI=1S/C30H27FN6O4S/c1-29(37-14-34-35-15-37)13-41-27-21(29)11-24(36-25(27)17-3-7-20(31)8-4-17)30(39,19-5-6-19)12-32-28(38)18-9-22(40-2)26-23(10-18)42-16-33-26/h3-4,7-11,14-16,19,39H,5-6,12-13H2,1-2H3,(H,32,38)/t29-,30+/m0/s1. The molecule has 1 amide bonds. The van der Waals surface area contributed by atoms with Crippen LogP contribution in [0.1, 0.15) is 41.4 Å². The smallest absolute Gasteiger partial charge is 0.251 e. The maximum absolute atomic E-state index is 13.8. The van der Waals surface area contributed by atoms with Gasteiger partial charge in [-0.15, -0.1) is 21.5 Å². The number of aliphatic hydroxyl groups is 1. The summed E-state index contributed by atoms with van der Waals surface area (Å²) >= 11 is 1.42. The van der Waals surface area contributed by atoms with Crippen molar-refractivity contribution in [2.24, 2.45) is 5.92 Å². The summed E-state index contributed by atoms with van der Waals surface area (Å²) in [6, 6.07) is 11.3. The SMILES string of the molecule is COc1cc(C(=O)NC[C@](O)(c2cc3c(c(-c4ccc(F)cc4)n2)OC[C@]3(C)n2cnnc2)C2CC2)cc2scnc12. The van der Waals surface area contributed by atoms with Crippen molar-refractivity contribution in [1.82, 2.24) is 30.0 Å². The zero-order valence-corrected chi connectivity index (χ0v) is 23.7. The van der Waals surface area contributed by atoms with Crippen LogP contribution in [0.15, 0.2) is 60.6 Å². The molecule has 0 radical (unpaired) electrons. The number of thiazole rings is 1. The molecule has 0 spiro atoms. The minimum Gasteiger partial charge on any atom is -0.494 e. The molecule has 2 aromatic carbocycles. The van der Waals surface area contributed by atoms with Gasteiger partial charge in [0, 0.05) is 16.7 Å². The average molecular weight is 587 g/mol. The molecule has 7 rings (SSSR count). The highest BCUT2D eigenvalue weighted by Gasteiger charge is 2.49. The highest BCUT2D eigenvalue weighted by molar-refractivity contribution is 7.16. The number of hydrogen-bond donors (Lipinski definition) is 2. The predicted octanol–water partition coefficient (Wildman–Crippen LogP) is 4.28. The van der Waals surface area contributed by atoms with E-state index in [0.29, 0.717) is 46.1 Å². The third-order valence-corrected chi connectivity index (χ3v) is 9.03. The maximum atomic E-state index is 13.8. The van der Waals surface area contributed by atoms with Gasteiger partial charge in [-0.2, -0.15) is 0 Å². The minimum atomic E-state index is -1.46. The van der Waals surface area contributed by atoms with E-state index in [9.17, 15) is 14.3 Å². The fourth-order valence-corrected chi connectivity index (χ4v) is 6.34. The first-order valence-corrected chi connectivity index (χ1v) is 14.4. The first-order valence-electron chi connectivity index (χ1n) is 13.5. The van der Waals surface area contributed by atoms with Crippen LogP contribution in [-0.2, 0) is 11.1 Å². The molecule has 214 valence electrons. The van der Waals surface area contributed by atoms with E-state index in [1.54, 1.807) is 42.4 Å². The molecular weight excluding hydrogens is 559 g/mol. The lowest BCUT2D eigenvalue weighted by Crippen LogP contribution is -2.43. The van der Waals surface area contributed by atoms with Crippen LogP contribution in [0.3, 0.4) is 0 Å². The van der Waals surface area contributed by atoms with Gasteiger partial charge in [0.05, 0.1) is 29.6 Å². The van der Waals surface area contributed by atoms with Gasteiger partial charge in [-0.3, -0.25) is 4.79 Å². The highest BCUT2D eigenvalue weighted by atomic mass is 32.1. The van der Waals surface area contributed by atoms with Crippen LogP contribution in [-0.4, -0.2) is 56.0 Å². The number of hydrogen-bond acceptors (Lipinski definition) is 9. The Bertz CT molecular complexity index is 1810. The topological polar surface area (TPSA) is 124 Å². The number of carbonyl (C=O) groups excluding carboxylic acids is 1. The molecule has 4 heterocycles. The third-order valence-electron chi connectivity index (χ3n) is 8.26. The van der Waals surface area contributed by atoms with E-state index in [1.165, 1.54) is 30.6 Å². The fourth-order valence-electron chi connectivity index (χ4n) is 5.61. The molecule has 1 fully saturated rings. The molecule has 3 aromatic heterocycles. The summed E-state index contributed by atoms with van der Waals surface area (Å²) in [5, 5.41) is 23.2. The Kier molecular flexibility index (Phi) is 6.21. The molecule has 1 aliphatic carbocycles. The second kappa shape index (κ2) is 9.85. The van der Waals surface area contributed by atoms with Gasteiger partial charge < -0.3 is 24.5 Å². The van der Waals surface area contributed by atoms with Crippen LogP contribution < -0.4 is 14.8 Å². The van der Waals surface area contributed by atoms with Crippen molar-refractivity contribution < 1.29 is 23.8 Å². The molecule has 0 bridgehead atoms. The van der Waals surface area contributed by atoms with E-state index in [1.807, 2.05) is 17.6 Å². The van der Waals surface area contributed by atoms with Crippen molar-refractivity contribution in [1.29, 1.82) is 0 Å². The number of rotatable bonds is 8. The second-order valence-corrected chi connectivity index (χ2v) is 11.8. The van der Waals surface area contributed by atoms with E-state index in [4.69, 9.17) is 14.5 Å². The third kappa shape index (κ3) is 4.29. The van der Waals surface area contributed by atoms with Gasteiger partial charge in [0.25, 0.3) is 5.91 Å². The summed E-state index contributed by atoms with van der Waals surface area (Å²) < 4.78 is 28.2. The number of halogens is 1. The quantitative estimate of drug-likeness (QED) is 0.276. The zero-order valence-electron chi connectivity index (χ0n) is 22.9. The Hall–Kier alpha value is -4.42. The van der Waals surface area contributed by atoms with E-state index in [-0.39, 0.29) is 24.2 Å². The molecule has 2 atom stereocenters. The van der Waals surface area contributed by atoms with Crippen molar-refractivity contribution in [3.63, 3.8) is 0 Å². The maximum Gasteiger partial charge on any atom is 0.251 e. The predicted molar refractivity (Wildman–Crippen MR) is 153 cm³/mol. The first-order chi connectivity index (χ1) is 20.3. The van der Waals surface area contributed by atoms with Gasteiger partial charge in [0.1, 0.15) is 53.2 Å². The summed E-state index contributed by atoms with van der Waals surface area (Å²) in [7, 11) is 1.54. The molecule has 0 saturated heterocycles. The van der Waals surface area contributed by atoms with E-state index >= 15 is 0 Å². The summed E-state index contributed by atoms with van der Waals surface area (Å²) in [5.74, 6) is 0.237. The van der Waals surface area contributed by atoms with Gasteiger partial charge in [-0.25, -0.2) is 14.4 Å². The number of nitrogens with zero attached hydrogens (tertiary/aromatic N) is 5. The summed E-state index contributed by atoms with van der Waals surface area (Å²) in [5.41, 5.74) is 3.00. The average Bonchev–Trinajstić information content (AvgIpc) is 3.37. The number of nitrogens with one attached hydrogen (secondary N) is 1. The van der Waals surface area contributed by atoms with Crippen molar-refractivity contribution in [2.45, 2.75) is 30.9 Å². The Balaban J connectivity index is 1.29. The molecule has 2 aliphatic rings. The molecule has 1 saturated carbocycles. The highest BCUT2D eigenvalue weighted by Crippen LogP contribution is 2.50. The number of aromatic nitrogens is 5. The molecule has 2 N–H and O–H groups in total. The van der Waals surface area contributed by atoms with Crippen LogP contribution in [0.2, 0.25) is 0 Å². The van der Waals surface area contributed by atoms with Crippen LogP contribution >= 0.6 is 11.3 Å². The normalized spacial score (nSPS) is 19.2. The van der Waals surface area contributed by atoms with Crippen LogP contribution in [0, 0.1) is 11.7 Å². The Morgan fingerprint density at radius 1 is 1.24 bits per heavy atom. The van der Waals surface area contributed by atoms with E-state index in [2.05, 4.69) is 20.5 Å². The van der Waals surface area contributed by atoms with Crippen LogP contribution in [0.25, 0.3) is 21.5 Å². The fraction of sp³-hybridized carbons (Fsp3) is 0.300. The van der Waals surface area contributed by atoms with Crippen molar-refractivity contribution in [3.8, 4) is 22.8 Å². The minimum absolute atomic E-state index is 0.0572. The zero-order chi connectivity index (χ0) is 29.1. The van der Waals surface area contributed by atoms with Crippen molar-refractivity contribution >= 4 is 27.5 Å². The number of carbonyl (C=O) groups is 1. The molecule has 12 heteroatoms. The lowest BCUT2D eigenvalue weighted by molar-refractivity contribution is 0.00945. The number of methoxy groups -OCH3 is 1. The van der Waals surface area contributed by atoms with Crippen LogP contribution in [0.5, 0.6) is 11.5 Å². The number of fused-ring (bicyclic) bond motifs is 2. The Morgan fingerprint density at radius 2 is 2.00 bits per heavy atom. The lowest BCUT2D eigenvalue weighted by Gasteiger charge is -2.30. The van der Waals surface area contributed by atoms with E-state index < -0.39 is 11.1 Å². The Morgan fingerprint density at radius 3 is 2.71 bits per heavy atom. The lowest BCUT2D eigenvalue weighted by atomic mass is 9.86. The van der Waals surface area contributed by atoms with E-state index in [0.717, 1.165) is 23.1 Å². The van der Waals surface area contributed by atoms with Gasteiger partial charge >= 0.3 is 0 Å². The summed E-state index contributed by atoms with van der Waals surface area (Å²) in [4.78, 5) is 22.6. The molecule has 5 aromatic rings. The van der Waals surface area contributed by atoms with Crippen molar-refractivity contribution in [2.75, 3.05) is 20.3 Å².